The van der Waals surface area contributed by atoms with Crippen LogP contribution in [-0.4, -0.2) is 15.5 Å². The van der Waals surface area contributed by atoms with E-state index in [9.17, 15) is 9.59 Å². The Kier molecular flexibility index (Phi) is 3.65. The van der Waals surface area contributed by atoms with E-state index in [2.05, 4.69) is 4.98 Å². The van der Waals surface area contributed by atoms with Gasteiger partial charge in [-0.2, -0.15) is 0 Å². The minimum atomic E-state index is -0.547. The minimum Gasteiger partial charge on any atom is -0.366 e. The maximum atomic E-state index is 12.5. The molecule has 0 aliphatic carbocycles. The Balaban J connectivity index is 2.11. The fourth-order valence-electron chi connectivity index (χ4n) is 2.38. The number of benzene rings is 1. The number of carbonyl (C=O) groups is 1. The zero-order valence-electron chi connectivity index (χ0n) is 11.5. The van der Waals surface area contributed by atoms with Crippen LogP contribution in [0.2, 0.25) is 5.02 Å². The molecule has 22 heavy (non-hydrogen) atoms. The predicted molar refractivity (Wildman–Crippen MR) is 85.1 cm³/mol. The molecular formula is C16H12ClN3O2. The lowest BCUT2D eigenvalue weighted by molar-refractivity contribution is 0.0999. The number of hydrogen-bond acceptors (Lipinski definition) is 3. The quantitative estimate of drug-likeness (QED) is 0.805. The van der Waals surface area contributed by atoms with Crippen molar-refractivity contribution in [2.24, 2.45) is 5.73 Å². The van der Waals surface area contributed by atoms with Gasteiger partial charge in [0.2, 0.25) is 5.91 Å². The second-order valence-electron chi connectivity index (χ2n) is 4.85. The minimum absolute atomic E-state index is 0.181. The number of nitrogens with two attached hydrogens (primary N) is 1. The third kappa shape index (κ3) is 2.46. The van der Waals surface area contributed by atoms with Gasteiger partial charge in [-0.25, -0.2) is 0 Å². The van der Waals surface area contributed by atoms with Gasteiger partial charge in [-0.1, -0.05) is 17.7 Å². The molecule has 3 aromatic rings. The SMILES string of the molecule is NC(=O)c1ccncc1Cn1ccc2c(Cl)cccc2c1=O. The molecule has 0 spiro atoms. The molecule has 2 N–H and O–H groups in total. The van der Waals surface area contributed by atoms with Crippen molar-refractivity contribution in [3.63, 3.8) is 0 Å². The first-order valence-electron chi connectivity index (χ1n) is 6.58. The summed E-state index contributed by atoms with van der Waals surface area (Å²) >= 11 is 6.09. The van der Waals surface area contributed by atoms with Crippen LogP contribution in [0.15, 0.2) is 53.7 Å². The van der Waals surface area contributed by atoms with Crippen molar-refractivity contribution in [3.8, 4) is 0 Å². The highest BCUT2D eigenvalue weighted by molar-refractivity contribution is 6.35. The molecule has 0 unspecified atom stereocenters. The molecule has 0 radical (unpaired) electrons. The van der Waals surface area contributed by atoms with Crippen molar-refractivity contribution >= 4 is 28.3 Å². The molecule has 0 aliphatic heterocycles. The molecule has 0 atom stereocenters. The zero-order chi connectivity index (χ0) is 15.7. The first-order valence-corrected chi connectivity index (χ1v) is 6.96. The van der Waals surface area contributed by atoms with Crippen LogP contribution in [0.3, 0.4) is 0 Å². The average Bonchev–Trinajstić information content (AvgIpc) is 2.51. The van der Waals surface area contributed by atoms with Gasteiger partial charge in [0.1, 0.15) is 0 Å². The van der Waals surface area contributed by atoms with Gasteiger partial charge in [0.25, 0.3) is 5.56 Å². The van der Waals surface area contributed by atoms with Gasteiger partial charge in [0.15, 0.2) is 0 Å². The van der Waals surface area contributed by atoms with Crippen molar-refractivity contribution in [1.82, 2.24) is 9.55 Å². The van der Waals surface area contributed by atoms with Gasteiger partial charge in [0.05, 0.1) is 6.54 Å². The van der Waals surface area contributed by atoms with Crippen molar-refractivity contribution in [1.29, 1.82) is 0 Å². The Labute approximate surface area is 131 Å². The fourth-order valence-corrected chi connectivity index (χ4v) is 2.62. The lowest BCUT2D eigenvalue weighted by Crippen LogP contribution is -2.22. The Morgan fingerprint density at radius 3 is 2.82 bits per heavy atom. The van der Waals surface area contributed by atoms with Crippen LogP contribution in [-0.2, 0) is 6.54 Å². The van der Waals surface area contributed by atoms with E-state index in [1.165, 1.54) is 17.0 Å². The lowest BCUT2D eigenvalue weighted by Gasteiger charge is -2.10. The molecule has 1 amide bonds. The van der Waals surface area contributed by atoms with Gasteiger partial charge in [0, 0.05) is 45.5 Å². The Morgan fingerprint density at radius 1 is 1.23 bits per heavy atom. The van der Waals surface area contributed by atoms with E-state index in [0.29, 0.717) is 26.9 Å². The average molecular weight is 314 g/mol. The van der Waals surface area contributed by atoms with Crippen molar-refractivity contribution in [3.05, 3.63) is 75.4 Å². The highest BCUT2D eigenvalue weighted by atomic mass is 35.5. The normalized spacial score (nSPS) is 10.8. The number of halogens is 1. The molecule has 0 fully saturated rings. The number of pyridine rings is 2. The zero-order valence-corrected chi connectivity index (χ0v) is 12.2. The number of primary amides is 1. The fraction of sp³-hybridized carbons (Fsp3) is 0.0625. The molecule has 2 aromatic heterocycles. The van der Waals surface area contributed by atoms with E-state index in [1.54, 1.807) is 36.5 Å². The molecule has 0 saturated carbocycles. The summed E-state index contributed by atoms with van der Waals surface area (Å²) in [6.45, 7) is 0.216. The lowest BCUT2D eigenvalue weighted by atomic mass is 10.1. The standard InChI is InChI=1S/C16H12ClN3O2/c17-14-3-1-2-13-12(14)5-7-20(16(13)22)9-10-8-19-6-4-11(10)15(18)21/h1-8H,9H2,(H2,18,21). The van der Waals surface area contributed by atoms with Gasteiger partial charge < -0.3 is 10.3 Å². The van der Waals surface area contributed by atoms with E-state index >= 15 is 0 Å². The summed E-state index contributed by atoms with van der Waals surface area (Å²) in [5, 5.41) is 1.76. The second-order valence-corrected chi connectivity index (χ2v) is 5.25. The highest BCUT2D eigenvalue weighted by Gasteiger charge is 2.10. The third-order valence-electron chi connectivity index (χ3n) is 3.48. The first-order chi connectivity index (χ1) is 10.6. The number of fused-ring (bicyclic) bond motifs is 1. The van der Waals surface area contributed by atoms with Crippen LogP contribution in [0.25, 0.3) is 10.8 Å². The van der Waals surface area contributed by atoms with Crippen LogP contribution < -0.4 is 11.3 Å². The molecule has 0 bridgehead atoms. The number of carbonyl (C=O) groups excluding carboxylic acids is 1. The number of rotatable bonds is 3. The summed E-state index contributed by atoms with van der Waals surface area (Å²) in [4.78, 5) is 28.0. The summed E-state index contributed by atoms with van der Waals surface area (Å²) in [7, 11) is 0. The Hall–Kier alpha value is -2.66. The highest BCUT2D eigenvalue weighted by Crippen LogP contribution is 2.20. The van der Waals surface area contributed by atoms with Crippen LogP contribution in [0, 0.1) is 0 Å². The van der Waals surface area contributed by atoms with Crippen molar-refractivity contribution in [2.75, 3.05) is 0 Å². The van der Waals surface area contributed by atoms with Crippen LogP contribution in [0.5, 0.6) is 0 Å². The third-order valence-corrected chi connectivity index (χ3v) is 3.80. The number of nitrogens with zero attached hydrogens (tertiary/aromatic N) is 2. The summed E-state index contributed by atoms with van der Waals surface area (Å²) in [5.74, 6) is -0.547. The van der Waals surface area contributed by atoms with Crippen LogP contribution in [0.1, 0.15) is 15.9 Å². The second kappa shape index (κ2) is 5.61. The van der Waals surface area contributed by atoms with Crippen molar-refractivity contribution in [2.45, 2.75) is 6.54 Å². The van der Waals surface area contributed by atoms with E-state index in [4.69, 9.17) is 17.3 Å². The van der Waals surface area contributed by atoms with Crippen LogP contribution >= 0.6 is 11.6 Å². The van der Waals surface area contributed by atoms with Crippen LogP contribution in [0.4, 0.5) is 0 Å². The molecule has 6 heteroatoms. The molecule has 3 rings (SSSR count). The number of hydrogen-bond donors (Lipinski definition) is 1. The van der Waals surface area contributed by atoms with E-state index in [1.807, 2.05) is 0 Å². The maximum absolute atomic E-state index is 12.5. The summed E-state index contributed by atoms with van der Waals surface area (Å²) in [6.07, 6.45) is 4.68. The first kappa shape index (κ1) is 14.3. The summed E-state index contributed by atoms with van der Waals surface area (Å²) in [5.41, 5.74) is 6.11. The molecule has 0 saturated heterocycles. The molecule has 110 valence electrons. The van der Waals surface area contributed by atoms with Crippen molar-refractivity contribution < 1.29 is 4.79 Å². The Morgan fingerprint density at radius 2 is 2.05 bits per heavy atom. The molecular weight excluding hydrogens is 302 g/mol. The number of amides is 1. The van der Waals surface area contributed by atoms with Gasteiger partial charge >= 0.3 is 0 Å². The number of aromatic nitrogens is 2. The van der Waals surface area contributed by atoms with E-state index in [-0.39, 0.29) is 12.1 Å². The summed E-state index contributed by atoms with van der Waals surface area (Å²) in [6, 6.07) is 8.51. The summed E-state index contributed by atoms with van der Waals surface area (Å²) < 4.78 is 1.50. The van der Waals surface area contributed by atoms with E-state index < -0.39 is 5.91 Å². The molecule has 1 aromatic carbocycles. The largest absolute Gasteiger partial charge is 0.366 e. The topological polar surface area (TPSA) is 78.0 Å². The molecule has 2 heterocycles. The predicted octanol–water partition coefficient (Wildman–Crippen LogP) is 2.20. The smallest absolute Gasteiger partial charge is 0.258 e. The van der Waals surface area contributed by atoms with Gasteiger partial charge in [-0.05, 0) is 24.3 Å². The van der Waals surface area contributed by atoms with E-state index in [0.717, 1.165) is 0 Å². The van der Waals surface area contributed by atoms with Gasteiger partial charge in [-0.15, -0.1) is 0 Å². The molecule has 0 aliphatic rings. The maximum Gasteiger partial charge on any atom is 0.258 e. The van der Waals surface area contributed by atoms with Gasteiger partial charge in [-0.3, -0.25) is 14.6 Å². The molecule has 5 nitrogen and oxygen atoms in total. The monoisotopic (exact) mass is 313 g/mol. The Bertz CT molecular complexity index is 934.